The van der Waals surface area contributed by atoms with E-state index in [2.05, 4.69) is 77.8 Å². The van der Waals surface area contributed by atoms with Gasteiger partial charge in [0.25, 0.3) is 0 Å². The molecule has 0 spiro atoms. The number of halogens is 1. The summed E-state index contributed by atoms with van der Waals surface area (Å²) < 4.78 is 0. The molecule has 0 fully saturated rings. The van der Waals surface area contributed by atoms with Gasteiger partial charge in [0.15, 0.2) is 17.5 Å². The molecule has 7 rings (SSSR count). The van der Waals surface area contributed by atoms with Gasteiger partial charge < -0.3 is 0 Å². The first-order valence-electron chi connectivity index (χ1n) is 14.0. The summed E-state index contributed by atoms with van der Waals surface area (Å²) in [6.45, 7) is 0. The molecule has 7 aromatic rings. The summed E-state index contributed by atoms with van der Waals surface area (Å²) in [4.78, 5) is 19.3. The molecule has 0 N–H and O–H groups in total. The molecule has 0 aliphatic heterocycles. The summed E-state index contributed by atoms with van der Waals surface area (Å²) in [5, 5.41) is 0.450. The van der Waals surface area contributed by atoms with Crippen molar-refractivity contribution in [3.63, 3.8) is 0 Å². The van der Waals surface area contributed by atoms with Crippen LogP contribution >= 0.6 is 11.6 Å². The average Bonchev–Trinajstić information content (AvgIpc) is 3.09. The van der Waals surface area contributed by atoms with E-state index in [-0.39, 0.29) is 0 Å². The fraction of sp³-hybridized carbons (Fsp3) is 0. The molecule has 0 unspecified atom stereocenters. The van der Waals surface area contributed by atoms with Crippen molar-refractivity contribution in [3.8, 4) is 67.7 Å². The lowest BCUT2D eigenvalue weighted by molar-refractivity contribution is 1.07. The molecule has 0 radical (unpaired) electrons. The fourth-order valence-electron chi connectivity index (χ4n) is 5.03. The highest BCUT2D eigenvalue weighted by molar-refractivity contribution is 6.29. The van der Waals surface area contributed by atoms with E-state index in [1.807, 2.05) is 72.8 Å². The Balaban J connectivity index is 1.32. The van der Waals surface area contributed by atoms with Crippen LogP contribution in [-0.2, 0) is 0 Å². The van der Waals surface area contributed by atoms with Crippen LogP contribution in [0.2, 0.25) is 5.15 Å². The lowest BCUT2D eigenvalue weighted by Gasteiger charge is -2.10. The van der Waals surface area contributed by atoms with Crippen LogP contribution in [0.3, 0.4) is 0 Å². The molecule has 0 atom stereocenters. The lowest BCUT2D eigenvalue weighted by Crippen LogP contribution is -2.00. The van der Waals surface area contributed by atoms with Crippen LogP contribution in [-0.4, -0.2) is 19.9 Å². The quantitative estimate of drug-likeness (QED) is 0.186. The molecular weight excluding hydrogens is 548 g/mol. The summed E-state index contributed by atoms with van der Waals surface area (Å²) in [6.07, 6.45) is 0. The van der Waals surface area contributed by atoms with Gasteiger partial charge in [0.1, 0.15) is 5.15 Å². The molecule has 0 aliphatic rings. The van der Waals surface area contributed by atoms with Crippen LogP contribution in [0, 0.1) is 0 Å². The van der Waals surface area contributed by atoms with Crippen molar-refractivity contribution >= 4 is 11.6 Å². The third kappa shape index (κ3) is 5.82. The topological polar surface area (TPSA) is 51.6 Å². The van der Waals surface area contributed by atoms with Crippen molar-refractivity contribution in [2.24, 2.45) is 0 Å². The van der Waals surface area contributed by atoms with E-state index in [0.717, 1.165) is 50.2 Å². The van der Waals surface area contributed by atoms with Crippen LogP contribution < -0.4 is 0 Å². The zero-order valence-electron chi connectivity index (χ0n) is 23.1. The number of nitrogens with zero attached hydrogens (tertiary/aromatic N) is 4. The van der Waals surface area contributed by atoms with E-state index in [1.165, 1.54) is 0 Å². The Hall–Kier alpha value is -5.45. The second-order valence-electron chi connectivity index (χ2n) is 10.1. The first-order valence-corrected chi connectivity index (χ1v) is 14.4. The molecule has 2 aromatic heterocycles. The number of benzene rings is 5. The predicted molar refractivity (Wildman–Crippen MR) is 175 cm³/mol. The predicted octanol–water partition coefficient (Wildman–Crippen LogP) is 9.92. The van der Waals surface area contributed by atoms with E-state index in [9.17, 15) is 0 Å². The molecular formula is C38H25ClN4. The van der Waals surface area contributed by atoms with Gasteiger partial charge in [-0.3, -0.25) is 0 Å². The first-order chi connectivity index (χ1) is 21.2. The first kappa shape index (κ1) is 26.4. The zero-order chi connectivity index (χ0) is 29.0. The highest BCUT2D eigenvalue weighted by atomic mass is 35.5. The maximum absolute atomic E-state index is 6.19. The van der Waals surface area contributed by atoms with Crippen LogP contribution in [0.25, 0.3) is 67.7 Å². The Kier molecular flexibility index (Phi) is 7.26. The van der Waals surface area contributed by atoms with E-state index in [1.54, 1.807) is 6.07 Å². The van der Waals surface area contributed by atoms with Crippen molar-refractivity contribution in [2.75, 3.05) is 0 Å². The minimum absolute atomic E-state index is 0.450. The molecule has 0 bridgehead atoms. The summed E-state index contributed by atoms with van der Waals surface area (Å²) in [7, 11) is 0. The molecule has 2 heterocycles. The van der Waals surface area contributed by atoms with Gasteiger partial charge in [0.05, 0.1) is 5.69 Å². The lowest BCUT2D eigenvalue weighted by atomic mass is 10.0. The van der Waals surface area contributed by atoms with Gasteiger partial charge in [0.2, 0.25) is 0 Å². The Morgan fingerprint density at radius 3 is 1.21 bits per heavy atom. The third-order valence-electron chi connectivity index (χ3n) is 7.27. The Morgan fingerprint density at radius 2 is 0.698 bits per heavy atom. The summed E-state index contributed by atoms with van der Waals surface area (Å²) >= 11 is 6.19. The number of pyridine rings is 1. The van der Waals surface area contributed by atoms with Crippen LogP contribution in [0.4, 0.5) is 0 Å². The second kappa shape index (κ2) is 11.8. The molecule has 0 aliphatic carbocycles. The van der Waals surface area contributed by atoms with Gasteiger partial charge in [0, 0.05) is 22.3 Å². The van der Waals surface area contributed by atoms with E-state index in [4.69, 9.17) is 26.6 Å². The van der Waals surface area contributed by atoms with Crippen molar-refractivity contribution in [1.29, 1.82) is 0 Å². The number of rotatable bonds is 6. The average molecular weight is 573 g/mol. The molecule has 0 amide bonds. The largest absolute Gasteiger partial charge is 0.236 e. The van der Waals surface area contributed by atoms with E-state index >= 15 is 0 Å². The second-order valence-corrected chi connectivity index (χ2v) is 10.5. The fourth-order valence-corrected chi connectivity index (χ4v) is 5.20. The van der Waals surface area contributed by atoms with Gasteiger partial charge >= 0.3 is 0 Å². The summed E-state index contributed by atoms with van der Waals surface area (Å²) in [6, 6.07) is 51.0. The highest BCUT2D eigenvalue weighted by Crippen LogP contribution is 2.30. The van der Waals surface area contributed by atoms with Crippen molar-refractivity contribution in [3.05, 3.63) is 157 Å². The molecule has 204 valence electrons. The minimum atomic E-state index is 0.450. The van der Waals surface area contributed by atoms with Crippen LogP contribution in [0.5, 0.6) is 0 Å². The van der Waals surface area contributed by atoms with Crippen molar-refractivity contribution in [2.45, 2.75) is 0 Å². The number of aromatic nitrogens is 4. The van der Waals surface area contributed by atoms with Gasteiger partial charge in [-0.15, -0.1) is 0 Å². The SMILES string of the molecule is Clc1cccc(-c2cccc(-c3nc(-c4ccc(-c5ccccc5)cc4)nc(-c4ccc(-c5ccccc5)cc4)n3)c2)n1. The third-order valence-corrected chi connectivity index (χ3v) is 7.48. The smallest absolute Gasteiger partial charge is 0.164 e. The minimum Gasteiger partial charge on any atom is -0.236 e. The summed E-state index contributed by atoms with van der Waals surface area (Å²) in [5.41, 5.74) is 9.02. The van der Waals surface area contributed by atoms with Crippen molar-refractivity contribution < 1.29 is 0 Å². The van der Waals surface area contributed by atoms with Gasteiger partial charge in [-0.25, -0.2) is 19.9 Å². The Morgan fingerprint density at radius 1 is 0.302 bits per heavy atom. The molecule has 4 nitrogen and oxygen atoms in total. The number of hydrogen-bond acceptors (Lipinski definition) is 4. The monoisotopic (exact) mass is 572 g/mol. The Labute approximate surface area is 255 Å². The Bertz CT molecular complexity index is 1910. The molecule has 43 heavy (non-hydrogen) atoms. The van der Waals surface area contributed by atoms with E-state index < -0.39 is 0 Å². The van der Waals surface area contributed by atoms with Gasteiger partial charge in [-0.1, -0.05) is 145 Å². The zero-order valence-corrected chi connectivity index (χ0v) is 23.9. The van der Waals surface area contributed by atoms with E-state index in [0.29, 0.717) is 22.6 Å². The molecule has 0 saturated heterocycles. The highest BCUT2D eigenvalue weighted by Gasteiger charge is 2.14. The summed E-state index contributed by atoms with van der Waals surface area (Å²) in [5.74, 6) is 1.80. The van der Waals surface area contributed by atoms with Crippen molar-refractivity contribution in [1.82, 2.24) is 19.9 Å². The normalized spacial score (nSPS) is 10.9. The standard InChI is InChI=1S/C38H25ClN4/c39-35-16-8-15-34(40-35)32-13-7-14-33(25-32)38-42-36(30-21-17-28(18-22-30)26-9-3-1-4-10-26)41-37(43-38)31-23-19-29(20-24-31)27-11-5-2-6-12-27/h1-25H. The van der Waals surface area contributed by atoms with Crippen LogP contribution in [0.15, 0.2) is 152 Å². The maximum Gasteiger partial charge on any atom is 0.164 e. The molecule has 5 aromatic carbocycles. The van der Waals surface area contributed by atoms with Gasteiger partial charge in [-0.05, 0) is 40.5 Å². The van der Waals surface area contributed by atoms with Gasteiger partial charge in [-0.2, -0.15) is 0 Å². The maximum atomic E-state index is 6.19. The van der Waals surface area contributed by atoms with Crippen LogP contribution in [0.1, 0.15) is 0 Å². The number of hydrogen-bond donors (Lipinski definition) is 0. The molecule has 5 heteroatoms. The molecule has 0 saturated carbocycles.